The van der Waals surface area contributed by atoms with Crippen molar-refractivity contribution in [1.29, 1.82) is 0 Å². The van der Waals surface area contributed by atoms with E-state index in [-0.39, 0.29) is 24.5 Å². The number of aliphatic hydroxyl groups is 1. The van der Waals surface area contributed by atoms with Gasteiger partial charge in [0, 0.05) is 18.8 Å². The van der Waals surface area contributed by atoms with Crippen molar-refractivity contribution in [3.63, 3.8) is 0 Å². The molecule has 0 amide bonds. The SMILES string of the molecule is CC(O)c1nccn1CC1CC(c2ccccc2)(c2ccccc2)C(=O)O1.Cl. The van der Waals surface area contributed by atoms with Gasteiger partial charge in [-0.3, -0.25) is 4.79 Å². The summed E-state index contributed by atoms with van der Waals surface area (Å²) in [6.07, 6.45) is 3.02. The number of carbonyl (C=O) groups is 1. The van der Waals surface area contributed by atoms with E-state index >= 15 is 0 Å². The molecule has 1 aliphatic heterocycles. The van der Waals surface area contributed by atoms with E-state index in [1.807, 2.05) is 65.2 Å². The average Bonchev–Trinajstić information content (AvgIpc) is 3.28. The van der Waals surface area contributed by atoms with Gasteiger partial charge >= 0.3 is 5.97 Å². The van der Waals surface area contributed by atoms with Crippen LogP contribution in [0.2, 0.25) is 0 Å². The predicted octanol–water partition coefficient (Wildman–Crippen LogP) is 3.66. The summed E-state index contributed by atoms with van der Waals surface area (Å²) in [6, 6.07) is 19.6. The maximum atomic E-state index is 13.2. The standard InChI is InChI=1S/C22H22N2O3.ClH/c1-16(25)20-23-12-13-24(20)15-19-14-22(21(26)27-19,17-8-4-2-5-9-17)18-10-6-3-7-11-18;/h2-13,16,19,25H,14-15H2,1H3;1H. The van der Waals surface area contributed by atoms with E-state index < -0.39 is 11.5 Å². The van der Waals surface area contributed by atoms with Crippen molar-refractivity contribution in [2.75, 3.05) is 0 Å². The molecule has 2 unspecified atom stereocenters. The fraction of sp³-hybridized carbons (Fsp3) is 0.273. The number of hydrogen-bond acceptors (Lipinski definition) is 4. The second-order valence-electron chi connectivity index (χ2n) is 6.98. The molecule has 1 aliphatic rings. The zero-order chi connectivity index (χ0) is 18.9. The Balaban J connectivity index is 0.00000225. The van der Waals surface area contributed by atoms with Gasteiger partial charge in [-0.2, -0.15) is 0 Å². The summed E-state index contributed by atoms with van der Waals surface area (Å²) in [4.78, 5) is 17.4. The highest BCUT2D eigenvalue weighted by Gasteiger charge is 2.51. The highest BCUT2D eigenvalue weighted by Crippen LogP contribution is 2.43. The van der Waals surface area contributed by atoms with Crippen LogP contribution in [-0.4, -0.2) is 26.7 Å². The van der Waals surface area contributed by atoms with Crippen LogP contribution in [0.1, 0.15) is 36.4 Å². The number of imidazole rings is 1. The van der Waals surface area contributed by atoms with Crippen LogP contribution in [0, 0.1) is 0 Å². The quantitative estimate of drug-likeness (QED) is 0.666. The van der Waals surface area contributed by atoms with Gasteiger partial charge < -0.3 is 14.4 Å². The molecule has 0 aliphatic carbocycles. The van der Waals surface area contributed by atoms with E-state index in [1.54, 1.807) is 19.3 Å². The second kappa shape index (κ2) is 8.17. The molecule has 0 spiro atoms. The third kappa shape index (κ3) is 3.43. The Labute approximate surface area is 170 Å². The van der Waals surface area contributed by atoms with Crippen molar-refractivity contribution in [2.45, 2.75) is 37.5 Å². The third-order valence-corrected chi connectivity index (χ3v) is 5.21. The fourth-order valence-electron chi connectivity index (χ4n) is 3.97. The number of esters is 1. The summed E-state index contributed by atoms with van der Waals surface area (Å²) in [5, 5.41) is 9.89. The molecule has 146 valence electrons. The first-order valence-corrected chi connectivity index (χ1v) is 9.12. The second-order valence-corrected chi connectivity index (χ2v) is 6.98. The van der Waals surface area contributed by atoms with Crippen LogP contribution in [0.5, 0.6) is 0 Å². The number of halogens is 1. The predicted molar refractivity (Wildman–Crippen MR) is 108 cm³/mol. The highest BCUT2D eigenvalue weighted by molar-refractivity contribution is 5.89. The molecule has 0 radical (unpaired) electrons. The van der Waals surface area contributed by atoms with Crippen LogP contribution in [0.25, 0.3) is 0 Å². The zero-order valence-corrected chi connectivity index (χ0v) is 16.4. The van der Waals surface area contributed by atoms with Crippen LogP contribution >= 0.6 is 12.4 Å². The van der Waals surface area contributed by atoms with Crippen LogP contribution < -0.4 is 0 Å². The van der Waals surface area contributed by atoms with Crippen molar-refractivity contribution in [3.05, 3.63) is 90.0 Å². The third-order valence-electron chi connectivity index (χ3n) is 5.21. The zero-order valence-electron chi connectivity index (χ0n) is 15.6. The molecule has 2 heterocycles. The van der Waals surface area contributed by atoms with Gasteiger partial charge in [-0.15, -0.1) is 12.4 Å². The molecule has 3 aromatic rings. The van der Waals surface area contributed by atoms with E-state index in [1.165, 1.54) is 0 Å². The molecular weight excluding hydrogens is 376 g/mol. The summed E-state index contributed by atoms with van der Waals surface area (Å²) >= 11 is 0. The van der Waals surface area contributed by atoms with Gasteiger partial charge in [0.1, 0.15) is 23.4 Å². The summed E-state index contributed by atoms with van der Waals surface area (Å²) in [7, 11) is 0. The minimum atomic E-state index is -0.821. The Morgan fingerprint density at radius 3 is 2.25 bits per heavy atom. The molecule has 5 nitrogen and oxygen atoms in total. The lowest BCUT2D eigenvalue weighted by Gasteiger charge is -2.26. The number of ether oxygens (including phenoxy) is 1. The number of nitrogens with zero attached hydrogens (tertiary/aromatic N) is 2. The minimum Gasteiger partial charge on any atom is -0.459 e. The fourth-order valence-corrected chi connectivity index (χ4v) is 3.97. The number of rotatable bonds is 5. The van der Waals surface area contributed by atoms with Gasteiger partial charge in [0.2, 0.25) is 0 Å². The normalized spacial score (nSPS) is 18.9. The molecule has 6 heteroatoms. The monoisotopic (exact) mass is 398 g/mol. The minimum absolute atomic E-state index is 0. The molecular formula is C22H23ClN2O3. The van der Waals surface area contributed by atoms with Gasteiger partial charge in [0.15, 0.2) is 0 Å². The topological polar surface area (TPSA) is 64.4 Å². The van der Waals surface area contributed by atoms with Crippen molar-refractivity contribution in [2.24, 2.45) is 0 Å². The van der Waals surface area contributed by atoms with E-state index in [0.717, 1.165) is 11.1 Å². The molecule has 1 aromatic heterocycles. The van der Waals surface area contributed by atoms with Crippen molar-refractivity contribution < 1.29 is 14.6 Å². The molecule has 1 fully saturated rings. The summed E-state index contributed by atoms with van der Waals surface area (Å²) < 4.78 is 7.68. The number of aliphatic hydroxyl groups excluding tert-OH is 1. The number of benzene rings is 2. The molecule has 2 atom stereocenters. The smallest absolute Gasteiger partial charge is 0.321 e. The lowest BCUT2D eigenvalue weighted by Crippen LogP contribution is -2.33. The molecule has 0 saturated carbocycles. The Bertz CT molecular complexity index is 886. The van der Waals surface area contributed by atoms with Gasteiger partial charge in [0.05, 0.1) is 6.54 Å². The van der Waals surface area contributed by atoms with E-state index in [0.29, 0.717) is 18.8 Å². The van der Waals surface area contributed by atoms with Crippen LogP contribution in [-0.2, 0) is 21.5 Å². The van der Waals surface area contributed by atoms with Gasteiger partial charge in [-0.25, -0.2) is 4.98 Å². The first-order chi connectivity index (χ1) is 13.1. The first-order valence-electron chi connectivity index (χ1n) is 9.12. The number of carbonyl (C=O) groups excluding carboxylic acids is 1. The number of cyclic esters (lactones) is 1. The van der Waals surface area contributed by atoms with Crippen molar-refractivity contribution >= 4 is 18.4 Å². The Kier molecular flexibility index (Phi) is 5.87. The molecule has 4 rings (SSSR count). The first kappa shape index (κ1) is 20.1. The lowest BCUT2D eigenvalue weighted by molar-refractivity contribution is -0.145. The molecule has 2 aromatic carbocycles. The van der Waals surface area contributed by atoms with E-state index in [4.69, 9.17) is 4.74 Å². The lowest BCUT2D eigenvalue weighted by atomic mass is 9.72. The van der Waals surface area contributed by atoms with E-state index in [9.17, 15) is 9.90 Å². The van der Waals surface area contributed by atoms with Crippen molar-refractivity contribution in [3.8, 4) is 0 Å². The van der Waals surface area contributed by atoms with Gasteiger partial charge in [-0.05, 0) is 18.1 Å². The summed E-state index contributed by atoms with van der Waals surface area (Å²) in [5.74, 6) is 0.339. The summed E-state index contributed by atoms with van der Waals surface area (Å²) in [6.45, 7) is 2.14. The van der Waals surface area contributed by atoms with Crippen molar-refractivity contribution in [1.82, 2.24) is 9.55 Å². The Hall–Kier alpha value is -2.63. The van der Waals surface area contributed by atoms with Crippen LogP contribution in [0.3, 0.4) is 0 Å². The van der Waals surface area contributed by atoms with Crippen LogP contribution in [0.4, 0.5) is 0 Å². The summed E-state index contributed by atoms with van der Waals surface area (Å²) in [5.41, 5.74) is 1.05. The highest BCUT2D eigenvalue weighted by atomic mass is 35.5. The number of hydrogen-bond donors (Lipinski definition) is 1. The molecule has 1 N–H and O–H groups in total. The van der Waals surface area contributed by atoms with Gasteiger partial charge in [0.25, 0.3) is 0 Å². The largest absolute Gasteiger partial charge is 0.459 e. The number of aromatic nitrogens is 2. The Morgan fingerprint density at radius 1 is 1.14 bits per heavy atom. The maximum Gasteiger partial charge on any atom is 0.321 e. The molecule has 0 bridgehead atoms. The molecule has 1 saturated heterocycles. The molecule has 28 heavy (non-hydrogen) atoms. The van der Waals surface area contributed by atoms with E-state index in [2.05, 4.69) is 4.98 Å². The Morgan fingerprint density at radius 2 is 1.71 bits per heavy atom. The average molecular weight is 399 g/mol. The van der Waals surface area contributed by atoms with Crippen LogP contribution in [0.15, 0.2) is 73.1 Å². The maximum absolute atomic E-state index is 13.2. The van der Waals surface area contributed by atoms with Gasteiger partial charge in [-0.1, -0.05) is 60.7 Å².